The van der Waals surface area contributed by atoms with E-state index in [1.54, 1.807) is 20.8 Å². The first-order valence-corrected chi connectivity index (χ1v) is 9.33. The fourth-order valence-corrected chi connectivity index (χ4v) is 1.70. The summed E-state index contributed by atoms with van der Waals surface area (Å²) in [5.74, 6) is 2.20. The summed E-state index contributed by atoms with van der Waals surface area (Å²) in [7, 11) is 0. The number of ether oxygens (including phenoxy) is 5. The Kier molecular flexibility index (Phi) is 16.1. The van der Waals surface area contributed by atoms with Crippen molar-refractivity contribution in [2.75, 3.05) is 65.9 Å². The second-order valence-corrected chi connectivity index (χ2v) is 6.61. The van der Waals surface area contributed by atoms with E-state index < -0.39 is 11.7 Å². The van der Waals surface area contributed by atoms with E-state index in [-0.39, 0.29) is 18.9 Å². The highest BCUT2D eigenvalue weighted by Gasteiger charge is 2.15. The fraction of sp³-hybridized carbons (Fsp3) is 0.789. The van der Waals surface area contributed by atoms with Gasteiger partial charge in [-0.05, 0) is 20.8 Å². The SMILES string of the molecule is C#CCNC(=O)CCOCCOCCOCCOCCNC(=O)OC(C)(C)C. The van der Waals surface area contributed by atoms with Crippen molar-refractivity contribution in [3.8, 4) is 12.3 Å². The molecule has 0 saturated carbocycles. The van der Waals surface area contributed by atoms with Crippen LogP contribution in [0.25, 0.3) is 0 Å². The van der Waals surface area contributed by atoms with Crippen molar-refractivity contribution in [3.05, 3.63) is 0 Å². The van der Waals surface area contributed by atoms with Crippen LogP contribution in [0, 0.1) is 12.3 Å². The van der Waals surface area contributed by atoms with Crippen molar-refractivity contribution < 1.29 is 33.3 Å². The van der Waals surface area contributed by atoms with Gasteiger partial charge in [-0.3, -0.25) is 4.79 Å². The topological polar surface area (TPSA) is 104 Å². The number of alkyl carbamates (subject to hydrolysis) is 1. The van der Waals surface area contributed by atoms with E-state index in [9.17, 15) is 9.59 Å². The van der Waals surface area contributed by atoms with Gasteiger partial charge < -0.3 is 34.3 Å². The molecule has 9 heteroatoms. The van der Waals surface area contributed by atoms with Crippen molar-refractivity contribution in [2.45, 2.75) is 32.8 Å². The van der Waals surface area contributed by atoms with Crippen LogP contribution in [-0.4, -0.2) is 83.5 Å². The first kappa shape index (κ1) is 26.1. The van der Waals surface area contributed by atoms with Gasteiger partial charge in [-0.15, -0.1) is 6.42 Å². The summed E-state index contributed by atoms with van der Waals surface area (Å²) in [4.78, 5) is 22.6. The Hall–Kier alpha value is -1.86. The molecule has 9 nitrogen and oxygen atoms in total. The monoisotopic (exact) mass is 402 g/mol. The normalized spacial score (nSPS) is 10.9. The average Bonchev–Trinajstić information content (AvgIpc) is 2.61. The van der Waals surface area contributed by atoms with Crippen LogP contribution in [0.3, 0.4) is 0 Å². The molecule has 28 heavy (non-hydrogen) atoms. The lowest BCUT2D eigenvalue weighted by Gasteiger charge is -2.19. The molecule has 0 atom stereocenters. The van der Waals surface area contributed by atoms with Crippen molar-refractivity contribution in [3.63, 3.8) is 0 Å². The Labute approximate surface area is 167 Å². The van der Waals surface area contributed by atoms with Gasteiger partial charge in [0.1, 0.15) is 5.60 Å². The molecule has 0 fully saturated rings. The van der Waals surface area contributed by atoms with Gasteiger partial charge in [-0.1, -0.05) is 5.92 Å². The standard InChI is InChI=1S/C19H34N2O7/c1-5-7-20-17(22)6-9-24-11-13-26-15-16-27-14-12-25-10-8-21-18(23)28-19(2,3)4/h1H,6-16H2,2-4H3,(H,20,22)(H,21,23). The van der Waals surface area contributed by atoms with Crippen LogP contribution in [0.15, 0.2) is 0 Å². The predicted octanol–water partition coefficient (Wildman–Crippen LogP) is 0.717. The van der Waals surface area contributed by atoms with E-state index in [2.05, 4.69) is 16.6 Å². The zero-order valence-corrected chi connectivity index (χ0v) is 17.2. The number of hydrogen-bond donors (Lipinski definition) is 2. The van der Waals surface area contributed by atoms with Gasteiger partial charge in [0.15, 0.2) is 0 Å². The number of hydrogen-bond acceptors (Lipinski definition) is 7. The first-order valence-electron chi connectivity index (χ1n) is 9.33. The highest BCUT2D eigenvalue weighted by molar-refractivity contribution is 5.76. The molecule has 162 valence electrons. The molecule has 0 aliphatic rings. The minimum Gasteiger partial charge on any atom is -0.444 e. The van der Waals surface area contributed by atoms with Gasteiger partial charge in [0.25, 0.3) is 0 Å². The molecule has 0 heterocycles. The molecule has 0 saturated heterocycles. The molecule has 0 unspecified atom stereocenters. The van der Waals surface area contributed by atoms with Gasteiger partial charge in [0.05, 0.1) is 59.4 Å². The predicted molar refractivity (Wildman–Crippen MR) is 104 cm³/mol. The van der Waals surface area contributed by atoms with Crippen LogP contribution in [0.4, 0.5) is 4.79 Å². The van der Waals surface area contributed by atoms with Gasteiger partial charge >= 0.3 is 6.09 Å². The highest BCUT2D eigenvalue weighted by atomic mass is 16.6. The van der Waals surface area contributed by atoms with E-state index in [1.165, 1.54) is 0 Å². The average molecular weight is 402 g/mol. The second kappa shape index (κ2) is 17.3. The molecular formula is C19H34N2O7. The molecule has 0 radical (unpaired) electrons. The van der Waals surface area contributed by atoms with E-state index in [0.717, 1.165) is 0 Å². The van der Waals surface area contributed by atoms with E-state index in [4.69, 9.17) is 30.1 Å². The third-order valence-corrected chi connectivity index (χ3v) is 2.89. The maximum Gasteiger partial charge on any atom is 0.407 e. The lowest BCUT2D eigenvalue weighted by Crippen LogP contribution is -2.34. The minimum atomic E-state index is -0.508. The number of nitrogens with one attached hydrogen (secondary N) is 2. The van der Waals surface area contributed by atoms with Crippen molar-refractivity contribution >= 4 is 12.0 Å². The third-order valence-electron chi connectivity index (χ3n) is 2.89. The zero-order valence-electron chi connectivity index (χ0n) is 17.2. The molecule has 0 aromatic rings. The Bertz CT molecular complexity index is 458. The summed E-state index contributed by atoms with van der Waals surface area (Å²) in [6.07, 6.45) is 4.85. The summed E-state index contributed by atoms with van der Waals surface area (Å²) in [6, 6.07) is 0. The zero-order chi connectivity index (χ0) is 21.1. The molecule has 0 aliphatic carbocycles. The smallest absolute Gasteiger partial charge is 0.407 e. The van der Waals surface area contributed by atoms with Crippen molar-refractivity contribution in [1.82, 2.24) is 10.6 Å². The Morgan fingerprint density at radius 1 is 0.821 bits per heavy atom. The number of amides is 2. The Morgan fingerprint density at radius 3 is 1.82 bits per heavy atom. The van der Waals surface area contributed by atoms with Crippen LogP contribution < -0.4 is 10.6 Å². The minimum absolute atomic E-state index is 0.130. The molecule has 0 aromatic carbocycles. The molecule has 0 spiro atoms. The molecule has 0 aliphatic heterocycles. The molecule has 0 bridgehead atoms. The maximum atomic E-state index is 11.4. The summed E-state index contributed by atoms with van der Waals surface area (Å²) in [5.41, 5.74) is -0.508. The molecular weight excluding hydrogens is 368 g/mol. The van der Waals surface area contributed by atoms with Crippen molar-refractivity contribution in [2.24, 2.45) is 0 Å². The first-order chi connectivity index (χ1) is 13.3. The van der Waals surface area contributed by atoms with Gasteiger partial charge in [-0.25, -0.2) is 4.79 Å². The maximum absolute atomic E-state index is 11.4. The van der Waals surface area contributed by atoms with Crippen LogP contribution in [0.1, 0.15) is 27.2 Å². The van der Waals surface area contributed by atoms with E-state index >= 15 is 0 Å². The van der Waals surface area contributed by atoms with E-state index in [1.807, 2.05) is 0 Å². The lowest BCUT2D eigenvalue weighted by atomic mass is 10.2. The summed E-state index contributed by atoms with van der Waals surface area (Å²) in [6.45, 7) is 9.37. The van der Waals surface area contributed by atoms with Gasteiger partial charge in [0.2, 0.25) is 5.91 Å². The molecule has 2 amide bonds. The van der Waals surface area contributed by atoms with Crippen LogP contribution in [0.2, 0.25) is 0 Å². The summed E-state index contributed by atoms with van der Waals surface area (Å²) < 4.78 is 26.4. The van der Waals surface area contributed by atoms with Gasteiger partial charge in [-0.2, -0.15) is 0 Å². The Morgan fingerprint density at radius 2 is 1.32 bits per heavy atom. The third kappa shape index (κ3) is 20.5. The number of carbonyl (C=O) groups is 2. The van der Waals surface area contributed by atoms with E-state index in [0.29, 0.717) is 59.4 Å². The largest absolute Gasteiger partial charge is 0.444 e. The quantitative estimate of drug-likeness (QED) is 0.289. The number of carbonyl (C=O) groups excluding carboxylic acids is 2. The fourth-order valence-electron chi connectivity index (χ4n) is 1.70. The summed E-state index contributed by atoms with van der Waals surface area (Å²) in [5, 5.41) is 5.16. The van der Waals surface area contributed by atoms with Crippen molar-refractivity contribution in [1.29, 1.82) is 0 Å². The Balaban J connectivity index is 3.21. The number of terminal acetylenes is 1. The van der Waals surface area contributed by atoms with Gasteiger partial charge in [0, 0.05) is 13.0 Å². The lowest BCUT2D eigenvalue weighted by molar-refractivity contribution is -0.122. The van der Waals surface area contributed by atoms with Crippen LogP contribution in [-0.2, 0) is 28.5 Å². The molecule has 0 rings (SSSR count). The van der Waals surface area contributed by atoms with Crippen LogP contribution >= 0.6 is 0 Å². The molecule has 2 N–H and O–H groups in total. The van der Waals surface area contributed by atoms with Crippen LogP contribution in [0.5, 0.6) is 0 Å². The second-order valence-electron chi connectivity index (χ2n) is 6.61. The highest BCUT2D eigenvalue weighted by Crippen LogP contribution is 2.05. The summed E-state index contributed by atoms with van der Waals surface area (Å²) >= 11 is 0. The molecule has 0 aromatic heterocycles. The number of rotatable bonds is 16.